The molecule has 1 aliphatic rings. The van der Waals surface area contributed by atoms with Crippen molar-refractivity contribution in [1.29, 1.82) is 0 Å². The number of carbonyl (C=O) groups excluding carboxylic acids is 2. The molecule has 1 aromatic rings. The van der Waals surface area contributed by atoms with Gasteiger partial charge in [-0.1, -0.05) is 0 Å². The Hall–Kier alpha value is -2.10. The van der Waals surface area contributed by atoms with E-state index in [-0.39, 0.29) is 31.8 Å². The number of rotatable bonds is 6. The largest absolute Gasteiger partial charge is 0.466 e. The van der Waals surface area contributed by atoms with Gasteiger partial charge in [0.15, 0.2) is 5.69 Å². The summed E-state index contributed by atoms with van der Waals surface area (Å²) in [6, 6.07) is 0. The van der Waals surface area contributed by atoms with Crippen molar-refractivity contribution in [1.82, 2.24) is 14.7 Å². The zero-order chi connectivity index (χ0) is 19.3. The molecule has 0 aliphatic carbocycles. The summed E-state index contributed by atoms with van der Waals surface area (Å²) in [5, 5.41) is 3.52. The lowest BCUT2D eigenvalue weighted by Crippen LogP contribution is -2.40. The molecule has 1 aliphatic heterocycles. The van der Waals surface area contributed by atoms with Crippen LogP contribution in [0.3, 0.4) is 0 Å². The van der Waals surface area contributed by atoms with Crippen molar-refractivity contribution in [2.75, 3.05) is 26.3 Å². The van der Waals surface area contributed by atoms with Crippen molar-refractivity contribution in [2.24, 2.45) is 5.92 Å². The van der Waals surface area contributed by atoms with Crippen molar-refractivity contribution in [3.8, 4) is 0 Å². The molecule has 2 heterocycles. The number of halogens is 3. The minimum atomic E-state index is -4.76. The molecule has 1 atom stereocenters. The predicted octanol–water partition coefficient (Wildman–Crippen LogP) is 2.31. The van der Waals surface area contributed by atoms with Crippen molar-refractivity contribution >= 4 is 11.9 Å². The molecule has 0 saturated carbocycles. The first kappa shape index (κ1) is 20.2. The minimum Gasteiger partial charge on any atom is -0.466 e. The number of hydrogen-bond acceptors (Lipinski definition) is 6. The molecule has 7 nitrogen and oxygen atoms in total. The van der Waals surface area contributed by atoms with Crippen LogP contribution in [0.15, 0.2) is 6.20 Å². The maximum absolute atomic E-state index is 13.1. The van der Waals surface area contributed by atoms with E-state index in [1.807, 2.05) is 4.90 Å². The number of likely N-dealkylation sites (tertiary alicyclic amines) is 1. The molecule has 0 aromatic carbocycles. The highest BCUT2D eigenvalue weighted by molar-refractivity contribution is 5.90. The van der Waals surface area contributed by atoms with Gasteiger partial charge in [-0.05, 0) is 33.2 Å². The molecule has 2 rings (SSSR count). The summed E-state index contributed by atoms with van der Waals surface area (Å²) in [5.74, 6) is -1.68. The molecule has 0 spiro atoms. The van der Waals surface area contributed by atoms with Gasteiger partial charge in [0.05, 0.1) is 25.8 Å². The number of piperidine rings is 1. The topological polar surface area (TPSA) is 73.7 Å². The SMILES string of the molecule is CCOC(=O)c1cn(CN2CCCC(C(=O)OCC)C2)nc1C(F)(F)F. The van der Waals surface area contributed by atoms with E-state index in [2.05, 4.69) is 9.84 Å². The first-order chi connectivity index (χ1) is 12.3. The summed E-state index contributed by atoms with van der Waals surface area (Å²) in [6.07, 6.45) is -2.32. The molecule has 26 heavy (non-hydrogen) atoms. The van der Waals surface area contributed by atoms with Gasteiger partial charge in [-0.15, -0.1) is 0 Å². The molecule has 1 fully saturated rings. The Kier molecular flexibility index (Phi) is 6.63. The summed E-state index contributed by atoms with van der Waals surface area (Å²) in [7, 11) is 0. The molecule has 10 heteroatoms. The lowest BCUT2D eigenvalue weighted by atomic mass is 9.99. The van der Waals surface area contributed by atoms with Crippen LogP contribution in [0.5, 0.6) is 0 Å². The van der Waals surface area contributed by atoms with E-state index in [4.69, 9.17) is 4.74 Å². The Balaban J connectivity index is 2.13. The predicted molar refractivity (Wildman–Crippen MR) is 84.1 cm³/mol. The third-order valence-corrected chi connectivity index (χ3v) is 4.00. The van der Waals surface area contributed by atoms with Crippen LogP contribution >= 0.6 is 0 Å². The maximum Gasteiger partial charge on any atom is 0.436 e. The molecule has 1 saturated heterocycles. The summed E-state index contributed by atoms with van der Waals surface area (Å²) in [4.78, 5) is 25.5. The van der Waals surface area contributed by atoms with Crippen molar-refractivity contribution < 1.29 is 32.2 Å². The van der Waals surface area contributed by atoms with Crippen LogP contribution in [0.1, 0.15) is 42.7 Å². The van der Waals surface area contributed by atoms with Gasteiger partial charge in [-0.25, -0.2) is 4.79 Å². The van der Waals surface area contributed by atoms with Crippen LogP contribution in [-0.4, -0.2) is 52.9 Å². The second-order valence-electron chi connectivity index (χ2n) is 5.96. The first-order valence-corrected chi connectivity index (χ1v) is 8.47. The number of ether oxygens (including phenoxy) is 2. The van der Waals surface area contributed by atoms with Crippen LogP contribution in [0.4, 0.5) is 13.2 Å². The van der Waals surface area contributed by atoms with Crippen LogP contribution in [0.2, 0.25) is 0 Å². The Bertz CT molecular complexity index is 645. The second-order valence-corrected chi connectivity index (χ2v) is 5.96. The van der Waals surface area contributed by atoms with Crippen LogP contribution in [-0.2, 0) is 27.1 Å². The number of nitrogens with zero attached hydrogens (tertiary/aromatic N) is 3. The molecule has 146 valence electrons. The molecule has 0 radical (unpaired) electrons. The summed E-state index contributed by atoms with van der Waals surface area (Å²) >= 11 is 0. The Morgan fingerprint density at radius 2 is 1.96 bits per heavy atom. The monoisotopic (exact) mass is 377 g/mol. The van der Waals surface area contributed by atoms with E-state index in [0.717, 1.165) is 17.3 Å². The Morgan fingerprint density at radius 1 is 1.27 bits per heavy atom. The Labute approximate surface area is 149 Å². The van der Waals surface area contributed by atoms with E-state index in [0.29, 0.717) is 19.5 Å². The maximum atomic E-state index is 13.1. The summed E-state index contributed by atoms with van der Waals surface area (Å²) in [5.41, 5.74) is -1.88. The number of alkyl halides is 3. The molecular formula is C16H22F3N3O4. The fraction of sp³-hybridized carbons (Fsp3) is 0.688. The molecular weight excluding hydrogens is 355 g/mol. The smallest absolute Gasteiger partial charge is 0.436 e. The van der Waals surface area contributed by atoms with Gasteiger partial charge >= 0.3 is 18.1 Å². The molecule has 1 aromatic heterocycles. The highest BCUT2D eigenvalue weighted by atomic mass is 19.4. The molecule has 0 bridgehead atoms. The van der Waals surface area contributed by atoms with E-state index >= 15 is 0 Å². The minimum absolute atomic E-state index is 0.0331. The lowest BCUT2D eigenvalue weighted by Gasteiger charge is -2.31. The lowest BCUT2D eigenvalue weighted by molar-refractivity contribution is -0.150. The molecule has 0 N–H and O–H groups in total. The van der Waals surface area contributed by atoms with Gasteiger partial charge < -0.3 is 9.47 Å². The zero-order valence-corrected chi connectivity index (χ0v) is 14.7. The third-order valence-electron chi connectivity index (χ3n) is 4.00. The number of esters is 2. The Morgan fingerprint density at radius 3 is 2.58 bits per heavy atom. The highest BCUT2D eigenvalue weighted by Crippen LogP contribution is 2.31. The van der Waals surface area contributed by atoms with E-state index in [1.165, 1.54) is 6.92 Å². The standard InChI is InChI=1S/C16H22F3N3O4/c1-3-25-14(23)11-6-5-7-21(8-11)10-22-9-12(15(24)26-4-2)13(20-22)16(17,18)19/h9,11H,3-8,10H2,1-2H3. The number of aromatic nitrogens is 2. The van der Waals surface area contributed by atoms with Gasteiger partial charge in [0.1, 0.15) is 5.56 Å². The summed E-state index contributed by atoms with van der Waals surface area (Å²) < 4.78 is 50.1. The number of carbonyl (C=O) groups is 2. The van der Waals surface area contributed by atoms with Gasteiger partial charge in [-0.2, -0.15) is 18.3 Å². The van der Waals surface area contributed by atoms with Crippen molar-refractivity contribution in [2.45, 2.75) is 39.5 Å². The van der Waals surface area contributed by atoms with E-state index in [9.17, 15) is 22.8 Å². The summed E-state index contributed by atoms with van der Waals surface area (Å²) in [6.45, 7) is 4.51. The first-order valence-electron chi connectivity index (χ1n) is 8.47. The van der Waals surface area contributed by atoms with Gasteiger partial charge in [0.25, 0.3) is 0 Å². The third kappa shape index (κ3) is 4.96. The normalized spacial score (nSPS) is 18.6. The van der Waals surface area contributed by atoms with Crippen molar-refractivity contribution in [3.05, 3.63) is 17.5 Å². The fourth-order valence-electron chi connectivity index (χ4n) is 2.90. The van der Waals surface area contributed by atoms with Crippen LogP contribution < -0.4 is 0 Å². The van der Waals surface area contributed by atoms with Gasteiger partial charge in [0.2, 0.25) is 0 Å². The molecule has 0 amide bonds. The van der Waals surface area contributed by atoms with Crippen molar-refractivity contribution in [3.63, 3.8) is 0 Å². The molecule has 1 unspecified atom stereocenters. The van der Waals surface area contributed by atoms with Gasteiger partial charge in [0, 0.05) is 12.7 Å². The number of hydrogen-bond donors (Lipinski definition) is 0. The zero-order valence-electron chi connectivity index (χ0n) is 14.7. The van der Waals surface area contributed by atoms with E-state index < -0.39 is 23.4 Å². The highest BCUT2D eigenvalue weighted by Gasteiger charge is 2.40. The average molecular weight is 377 g/mol. The quantitative estimate of drug-likeness (QED) is 0.709. The average Bonchev–Trinajstić information content (AvgIpc) is 3.00. The van der Waals surface area contributed by atoms with Gasteiger partial charge in [-0.3, -0.25) is 14.4 Å². The van der Waals surface area contributed by atoms with Crippen LogP contribution in [0, 0.1) is 5.92 Å². The fourth-order valence-corrected chi connectivity index (χ4v) is 2.90. The van der Waals surface area contributed by atoms with Crippen LogP contribution in [0.25, 0.3) is 0 Å². The second kappa shape index (κ2) is 8.52. The van der Waals surface area contributed by atoms with E-state index in [1.54, 1.807) is 6.92 Å².